The summed E-state index contributed by atoms with van der Waals surface area (Å²) in [6.45, 7) is -0.524. The second kappa shape index (κ2) is 14.0. The number of aliphatic hydroxyl groups excluding tert-OH is 1. The van der Waals surface area contributed by atoms with Crippen LogP contribution in [-0.2, 0) is 37.0 Å². The average Bonchev–Trinajstić information content (AvgIpc) is 3.35. The summed E-state index contributed by atoms with van der Waals surface area (Å²) in [6.07, 6.45) is -2.87. The zero-order valence-corrected chi connectivity index (χ0v) is 23.5. The SMILES string of the molecule is CN(CC[C@H](O)[C@@H]1C[C@@H](OS(C)(=O)=O)CN1C(=O)OCc1ccc([N+](=O)[O-])cc1)C(=O)OCc1ccc([N+](=O)[O-])cc1. The van der Waals surface area contributed by atoms with E-state index in [1.54, 1.807) is 0 Å². The number of hydrogen-bond acceptors (Lipinski definition) is 12. The third-order valence-electron chi connectivity index (χ3n) is 6.39. The molecule has 0 saturated carbocycles. The number of non-ortho nitro benzene ring substituents is 2. The van der Waals surface area contributed by atoms with Crippen molar-refractivity contribution in [1.82, 2.24) is 9.80 Å². The van der Waals surface area contributed by atoms with Crippen molar-refractivity contribution in [3.05, 3.63) is 79.9 Å². The molecule has 1 aliphatic rings. The first kappa shape index (κ1) is 32.2. The van der Waals surface area contributed by atoms with E-state index in [-0.39, 0.29) is 50.5 Å². The molecule has 3 rings (SSSR count). The number of aliphatic hydroxyl groups is 1. The number of likely N-dealkylation sites (tertiary alicyclic amines) is 1. The van der Waals surface area contributed by atoms with Gasteiger partial charge < -0.3 is 19.5 Å². The maximum absolute atomic E-state index is 12.9. The van der Waals surface area contributed by atoms with Gasteiger partial charge in [0.05, 0.1) is 40.9 Å². The van der Waals surface area contributed by atoms with E-state index in [2.05, 4.69) is 0 Å². The molecule has 3 atom stereocenters. The van der Waals surface area contributed by atoms with Crippen LogP contribution in [0.4, 0.5) is 21.0 Å². The van der Waals surface area contributed by atoms with Crippen molar-refractivity contribution in [2.75, 3.05) is 26.4 Å². The number of nitrogens with zero attached hydrogens (tertiary/aromatic N) is 4. The summed E-state index contributed by atoms with van der Waals surface area (Å²) in [5, 5.41) is 32.5. The fraction of sp³-hybridized carbons (Fsp3) is 0.440. The smallest absolute Gasteiger partial charge is 0.410 e. The van der Waals surface area contributed by atoms with Gasteiger partial charge in [0.25, 0.3) is 21.5 Å². The van der Waals surface area contributed by atoms with Crippen LogP contribution >= 0.6 is 0 Å². The Morgan fingerprint density at radius 2 is 1.50 bits per heavy atom. The largest absolute Gasteiger partial charge is 0.445 e. The molecule has 1 aliphatic heterocycles. The molecule has 0 bridgehead atoms. The highest BCUT2D eigenvalue weighted by molar-refractivity contribution is 7.86. The monoisotopic (exact) mass is 610 g/mol. The molecular formula is C25H30N4O12S. The van der Waals surface area contributed by atoms with Gasteiger partial charge in [0.1, 0.15) is 13.2 Å². The highest BCUT2D eigenvalue weighted by atomic mass is 32.2. The molecule has 1 fully saturated rings. The van der Waals surface area contributed by atoms with Gasteiger partial charge in [0.2, 0.25) is 0 Å². The van der Waals surface area contributed by atoms with E-state index >= 15 is 0 Å². The molecule has 2 aromatic rings. The van der Waals surface area contributed by atoms with E-state index in [4.69, 9.17) is 13.7 Å². The maximum Gasteiger partial charge on any atom is 0.410 e. The topological polar surface area (TPSA) is 209 Å². The van der Waals surface area contributed by atoms with Gasteiger partial charge >= 0.3 is 12.2 Å². The minimum absolute atomic E-state index is 0.00841. The van der Waals surface area contributed by atoms with Crippen LogP contribution in [0.15, 0.2) is 48.5 Å². The molecule has 42 heavy (non-hydrogen) atoms. The summed E-state index contributed by atoms with van der Waals surface area (Å²) in [4.78, 5) is 48.1. The Balaban J connectivity index is 1.56. The normalized spacial score (nSPS) is 17.4. The van der Waals surface area contributed by atoms with Crippen molar-refractivity contribution in [1.29, 1.82) is 0 Å². The lowest BCUT2D eigenvalue weighted by Gasteiger charge is -2.28. The average molecular weight is 611 g/mol. The predicted octanol–water partition coefficient (Wildman–Crippen LogP) is 2.58. The summed E-state index contributed by atoms with van der Waals surface area (Å²) >= 11 is 0. The lowest BCUT2D eigenvalue weighted by Crippen LogP contribution is -2.44. The molecule has 0 aliphatic carbocycles. The minimum Gasteiger partial charge on any atom is -0.445 e. The van der Waals surface area contributed by atoms with Crippen molar-refractivity contribution in [3.8, 4) is 0 Å². The van der Waals surface area contributed by atoms with Crippen molar-refractivity contribution in [2.45, 2.75) is 44.3 Å². The first-order chi connectivity index (χ1) is 19.7. The van der Waals surface area contributed by atoms with Crippen LogP contribution in [0, 0.1) is 20.2 Å². The standard InChI is InChI=1S/C25H30N4O12S/c1-26(24(31)39-15-17-3-7-19(8-4-17)28(33)34)12-11-23(30)22-13-21(41-42(2,37)38)14-27(22)25(32)40-16-18-5-9-20(10-6-18)29(35)36/h3-10,21-23,30H,11-16H2,1-2H3/t21-,22+,23+/m1/s1. The van der Waals surface area contributed by atoms with Crippen molar-refractivity contribution in [3.63, 3.8) is 0 Å². The van der Waals surface area contributed by atoms with Gasteiger partial charge in [-0.25, -0.2) is 9.59 Å². The highest BCUT2D eigenvalue weighted by Gasteiger charge is 2.42. The van der Waals surface area contributed by atoms with Gasteiger partial charge in [-0.15, -0.1) is 0 Å². The molecule has 1 N–H and O–H groups in total. The van der Waals surface area contributed by atoms with Gasteiger partial charge in [-0.05, 0) is 48.2 Å². The molecule has 0 unspecified atom stereocenters. The molecule has 228 valence electrons. The zero-order chi connectivity index (χ0) is 31.0. The first-order valence-electron chi connectivity index (χ1n) is 12.6. The summed E-state index contributed by atoms with van der Waals surface area (Å²) in [7, 11) is -2.43. The lowest BCUT2D eigenvalue weighted by atomic mass is 10.0. The van der Waals surface area contributed by atoms with E-state index in [0.717, 1.165) is 11.2 Å². The summed E-state index contributed by atoms with van der Waals surface area (Å²) in [6, 6.07) is 9.96. The number of nitro benzene ring substituents is 2. The molecule has 17 heteroatoms. The minimum atomic E-state index is -3.86. The lowest BCUT2D eigenvalue weighted by molar-refractivity contribution is -0.385. The molecule has 16 nitrogen and oxygen atoms in total. The van der Waals surface area contributed by atoms with E-state index in [0.29, 0.717) is 11.1 Å². The van der Waals surface area contributed by atoms with E-state index in [1.165, 1.54) is 60.5 Å². The molecular weight excluding hydrogens is 580 g/mol. The summed E-state index contributed by atoms with van der Waals surface area (Å²) < 4.78 is 38.9. The maximum atomic E-state index is 12.9. The molecule has 2 aromatic carbocycles. The molecule has 0 spiro atoms. The first-order valence-corrected chi connectivity index (χ1v) is 14.4. The number of ether oxygens (including phenoxy) is 2. The second-order valence-electron chi connectivity index (χ2n) is 9.61. The van der Waals surface area contributed by atoms with E-state index in [9.17, 15) is 43.3 Å². The summed E-state index contributed by atoms with van der Waals surface area (Å²) in [5.74, 6) is 0. The number of carbonyl (C=O) groups is 2. The van der Waals surface area contributed by atoms with E-state index < -0.39 is 50.4 Å². The van der Waals surface area contributed by atoms with Gasteiger partial charge in [0.15, 0.2) is 0 Å². The fourth-order valence-electron chi connectivity index (χ4n) is 4.24. The number of carbonyl (C=O) groups excluding carboxylic acids is 2. The zero-order valence-electron chi connectivity index (χ0n) is 22.7. The van der Waals surface area contributed by atoms with Gasteiger partial charge in [0, 0.05) is 37.9 Å². The Morgan fingerprint density at radius 1 is 1.00 bits per heavy atom. The van der Waals surface area contributed by atoms with Crippen molar-refractivity contribution in [2.24, 2.45) is 0 Å². The Morgan fingerprint density at radius 3 is 1.98 bits per heavy atom. The number of nitro groups is 2. The molecule has 1 saturated heterocycles. The highest BCUT2D eigenvalue weighted by Crippen LogP contribution is 2.27. The van der Waals surface area contributed by atoms with Crippen LogP contribution in [0.5, 0.6) is 0 Å². The summed E-state index contributed by atoms with van der Waals surface area (Å²) in [5.41, 5.74) is 0.779. The van der Waals surface area contributed by atoms with Gasteiger partial charge in [-0.2, -0.15) is 8.42 Å². The van der Waals surface area contributed by atoms with Crippen molar-refractivity contribution < 1.29 is 46.6 Å². The van der Waals surface area contributed by atoms with Crippen LogP contribution < -0.4 is 0 Å². The van der Waals surface area contributed by atoms with Crippen molar-refractivity contribution >= 4 is 33.7 Å². The Labute approximate surface area is 240 Å². The molecule has 2 amide bonds. The van der Waals surface area contributed by atoms with Gasteiger partial charge in [-0.3, -0.25) is 29.3 Å². The van der Waals surface area contributed by atoms with E-state index in [1.807, 2.05) is 0 Å². The van der Waals surface area contributed by atoms with Crippen LogP contribution in [0.1, 0.15) is 24.0 Å². The second-order valence-corrected chi connectivity index (χ2v) is 11.2. The molecule has 1 heterocycles. The Hall–Kier alpha value is -4.35. The number of rotatable bonds is 12. The molecule has 0 radical (unpaired) electrons. The predicted molar refractivity (Wildman–Crippen MR) is 145 cm³/mol. The fourth-order valence-corrected chi connectivity index (χ4v) is 4.87. The third-order valence-corrected chi connectivity index (χ3v) is 7.01. The van der Waals surface area contributed by atoms with Gasteiger partial charge in [-0.1, -0.05) is 0 Å². The van der Waals surface area contributed by atoms with Crippen LogP contribution in [0.2, 0.25) is 0 Å². The molecule has 0 aromatic heterocycles. The van der Waals surface area contributed by atoms with Crippen LogP contribution in [0.3, 0.4) is 0 Å². The quantitative estimate of drug-likeness (QED) is 0.209. The number of amides is 2. The number of hydrogen-bond donors (Lipinski definition) is 1. The van der Waals surface area contributed by atoms with Crippen LogP contribution in [0.25, 0.3) is 0 Å². The third kappa shape index (κ3) is 9.35. The Kier molecular flexibility index (Phi) is 10.7. The number of benzene rings is 2. The van der Waals surface area contributed by atoms with Crippen LogP contribution in [-0.4, -0.2) is 90.0 Å². The Bertz CT molecular complexity index is 1390.